The molecule has 1 unspecified atom stereocenters. The third kappa shape index (κ3) is 4.63. The second-order valence-corrected chi connectivity index (χ2v) is 9.35. The van der Waals surface area contributed by atoms with Crippen molar-refractivity contribution in [3.8, 4) is 0 Å². The molecule has 1 atom stereocenters. The second-order valence-electron chi connectivity index (χ2n) is 9.35. The molecule has 158 valence electrons. The van der Waals surface area contributed by atoms with Crippen LogP contribution < -0.4 is 5.73 Å². The van der Waals surface area contributed by atoms with Gasteiger partial charge in [0, 0.05) is 45.0 Å². The number of carbonyl (C=O) groups excluding carboxylic acids is 2. The molecule has 2 saturated heterocycles. The van der Waals surface area contributed by atoms with Crippen LogP contribution in [0.3, 0.4) is 0 Å². The lowest BCUT2D eigenvalue weighted by Crippen LogP contribution is -2.55. The van der Waals surface area contributed by atoms with Gasteiger partial charge in [0.1, 0.15) is 0 Å². The van der Waals surface area contributed by atoms with E-state index in [2.05, 4.69) is 4.98 Å². The van der Waals surface area contributed by atoms with E-state index in [1.165, 1.54) is 19.3 Å². The number of carbonyl (C=O) groups is 2. The molecule has 1 spiro atoms. The predicted molar refractivity (Wildman–Crippen MR) is 112 cm³/mol. The van der Waals surface area contributed by atoms with Crippen LogP contribution in [-0.4, -0.2) is 52.3 Å². The van der Waals surface area contributed by atoms with Gasteiger partial charge in [0.25, 0.3) is 0 Å². The zero-order chi connectivity index (χ0) is 20.3. The zero-order valence-electron chi connectivity index (χ0n) is 17.4. The smallest absolute Gasteiger partial charge is 0.239 e. The molecule has 0 radical (unpaired) electrons. The largest absolute Gasteiger partial charge is 0.341 e. The molecule has 4 rings (SSSR count). The number of pyridine rings is 1. The van der Waals surface area contributed by atoms with Gasteiger partial charge in [0.2, 0.25) is 11.8 Å². The van der Waals surface area contributed by atoms with Crippen LogP contribution >= 0.6 is 0 Å². The molecule has 1 aromatic rings. The highest BCUT2D eigenvalue weighted by atomic mass is 16.2. The van der Waals surface area contributed by atoms with Gasteiger partial charge >= 0.3 is 0 Å². The van der Waals surface area contributed by atoms with Gasteiger partial charge in [-0.15, -0.1) is 0 Å². The molecule has 29 heavy (non-hydrogen) atoms. The number of amides is 2. The number of nitrogens with two attached hydrogens (primary N) is 1. The van der Waals surface area contributed by atoms with Crippen LogP contribution in [0.2, 0.25) is 0 Å². The van der Waals surface area contributed by atoms with Crippen LogP contribution in [-0.2, 0) is 16.1 Å². The standard InChI is InChI=1S/C23H34N4O2/c24-21(19-4-2-1-3-5-19)22(29)26-14-10-23(11-15-26)9-6-20(28)27(17-23)16-18-7-12-25-13-8-18/h7-8,12-13,19,21H,1-6,9-11,14-17,24H2. The summed E-state index contributed by atoms with van der Waals surface area (Å²) in [6.45, 7) is 3.00. The number of nitrogens with zero attached hydrogens (tertiary/aromatic N) is 3. The molecule has 0 aromatic carbocycles. The normalized spacial score (nSPS) is 24.0. The van der Waals surface area contributed by atoms with E-state index in [1.54, 1.807) is 12.4 Å². The van der Waals surface area contributed by atoms with E-state index in [0.717, 1.165) is 57.3 Å². The molecule has 1 aliphatic carbocycles. The van der Waals surface area contributed by atoms with Crippen molar-refractivity contribution in [2.24, 2.45) is 17.1 Å². The van der Waals surface area contributed by atoms with Crippen molar-refractivity contribution in [2.45, 2.75) is 70.4 Å². The minimum Gasteiger partial charge on any atom is -0.341 e. The molecular weight excluding hydrogens is 364 g/mol. The lowest BCUT2D eigenvalue weighted by atomic mass is 9.72. The van der Waals surface area contributed by atoms with Crippen molar-refractivity contribution in [3.05, 3.63) is 30.1 Å². The Balaban J connectivity index is 1.34. The highest BCUT2D eigenvalue weighted by Gasteiger charge is 2.42. The molecule has 1 saturated carbocycles. The number of hydrogen-bond acceptors (Lipinski definition) is 4. The fourth-order valence-corrected chi connectivity index (χ4v) is 5.47. The Bertz CT molecular complexity index is 709. The highest BCUT2D eigenvalue weighted by molar-refractivity contribution is 5.82. The van der Waals surface area contributed by atoms with E-state index >= 15 is 0 Å². The third-order valence-electron chi connectivity index (χ3n) is 7.45. The minimum atomic E-state index is -0.333. The summed E-state index contributed by atoms with van der Waals surface area (Å²) in [7, 11) is 0. The van der Waals surface area contributed by atoms with Crippen LogP contribution in [0, 0.1) is 11.3 Å². The molecule has 2 aliphatic heterocycles. The maximum atomic E-state index is 13.0. The maximum absolute atomic E-state index is 13.0. The van der Waals surface area contributed by atoms with Crippen molar-refractivity contribution < 1.29 is 9.59 Å². The fraction of sp³-hybridized carbons (Fsp3) is 0.696. The molecule has 3 aliphatic rings. The minimum absolute atomic E-state index is 0.145. The van der Waals surface area contributed by atoms with E-state index in [0.29, 0.717) is 18.9 Å². The Labute approximate surface area is 173 Å². The summed E-state index contributed by atoms with van der Waals surface area (Å²) in [4.78, 5) is 33.5. The van der Waals surface area contributed by atoms with Gasteiger partial charge in [0.05, 0.1) is 6.04 Å². The Morgan fingerprint density at radius 3 is 2.52 bits per heavy atom. The quantitative estimate of drug-likeness (QED) is 0.846. The summed E-state index contributed by atoms with van der Waals surface area (Å²) in [6, 6.07) is 3.62. The first-order chi connectivity index (χ1) is 14.1. The van der Waals surface area contributed by atoms with Crippen molar-refractivity contribution in [1.82, 2.24) is 14.8 Å². The van der Waals surface area contributed by atoms with E-state index < -0.39 is 0 Å². The van der Waals surface area contributed by atoms with E-state index in [-0.39, 0.29) is 23.3 Å². The lowest BCUT2D eigenvalue weighted by molar-refractivity contribution is -0.144. The number of rotatable bonds is 4. The Morgan fingerprint density at radius 2 is 1.83 bits per heavy atom. The topological polar surface area (TPSA) is 79.5 Å². The highest BCUT2D eigenvalue weighted by Crippen LogP contribution is 2.41. The van der Waals surface area contributed by atoms with E-state index in [4.69, 9.17) is 5.73 Å². The second kappa shape index (κ2) is 8.82. The average molecular weight is 399 g/mol. The van der Waals surface area contributed by atoms with E-state index in [1.807, 2.05) is 21.9 Å². The van der Waals surface area contributed by atoms with Gasteiger partial charge in [-0.2, -0.15) is 0 Å². The summed E-state index contributed by atoms with van der Waals surface area (Å²) >= 11 is 0. The molecular formula is C23H34N4O2. The summed E-state index contributed by atoms with van der Waals surface area (Å²) in [6.07, 6.45) is 12.9. The third-order valence-corrected chi connectivity index (χ3v) is 7.45. The summed E-state index contributed by atoms with van der Waals surface area (Å²) in [5, 5.41) is 0. The van der Waals surface area contributed by atoms with Crippen LogP contribution in [0.15, 0.2) is 24.5 Å². The molecule has 6 heteroatoms. The number of aromatic nitrogens is 1. The summed E-state index contributed by atoms with van der Waals surface area (Å²) in [5.74, 6) is 0.743. The monoisotopic (exact) mass is 398 g/mol. The Kier molecular flexibility index (Phi) is 6.18. The predicted octanol–water partition coefficient (Wildman–Crippen LogP) is 2.72. The van der Waals surface area contributed by atoms with Crippen molar-refractivity contribution >= 4 is 11.8 Å². The van der Waals surface area contributed by atoms with Crippen LogP contribution in [0.4, 0.5) is 0 Å². The van der Waals surface area contributed by atoms with Crippen molar-refractivity contribution in [3.63, 3.8) is 0 Å². The molecule has 2 amide bonds. The number of piperidine rings is 2. The van der Waals surface area contributed by atoms with Gasteiger partial charge < -0.3 is 15.5 Å². The number of likely N-dealkylation sites (tertiary alicyclic amines) is 2. The Morgan fingerprint density at radius 1 is 1.14 bits per heavy atom. The van der Waals surface area contributed by atoms with Gasteiger partial charge in [-0.3, -0.25) is 14.6 Å². The first-order valence-corrected chi connectivity index (χ1v) is 11.3. The molecule has 0 bridgehead atoms. The molecule has 3 heterocycles. The van der Waals surface area contributed by atoms with Gasteiger partial charge in [-0.1, -0.05) is 19.3 Å². The molecule has 6 nitrogen and oxygen atoms in total. The van der Waals surface area contributed by atoms with E-state index in [9.17, 15) is 9.59 Å². The van der Waals surface area contributed by atoms with Gasteiger partial charge in [0.15, 0.2) is 0 Å². The van der Waals surface area contributed by atoms with Crippen molar-refractivity contribution in [1.29, 1.82) is 0 Å². The first kappa shape index (κ1) is 20.3. The SMILES string of the molecule is NC(C(=O)N1CCC2(CCC(=O)N(Cc3ccncc3)C2)CC1)C1CCCCC1. The maximum Gasteiger partial charge on any atom is 0.239 e. The zero-order valence-corrected chi connectivity index (χ0v) is 17.4. The summed E-state index contributed by atoms with van der Waals surface area (Å²) in [5.41, 5.74) is 7.64. The Hall–Kier alpha value is -1.95. The first-order valence-electron chi connectivity index (χ1n) is 11.3. The lowest BCUT2D eigenvalue weighted by Gasteiger charge is -2.48. The fourth-order valence-electron chi connectivity index (χ4n) is 5.47. The molecule has 3 fully saturated rings. The van der Waals surface area contributed by atoms with Crippen LogP contribution in [0.25, 0.3) is 0 Å². The van der Waals surface area contributed by atoms with Gasteiger partial charge in [-0.05, 0) is 61.1 Å². The summed E-state index contributed by atoms with van der Waals surface area (Å²) < 4.78 is 0. The molecule has 1 aromatic heterocycles. The average Bonchev–Trinajstić information content (AvgIpc) is 2.77. The van der Waals surface area contributed by atoms with Crippen LogP contribution in [0.5, 0.6) is 0 Å². The van der Waals surface area contributed by atoms with Crippen molar-refractivity contribution in [2.75, 3.05) is 19.6 Å². The van der Waals surface area contributed by atoms with Gasteiger partial charge in [-0.25, -0.2) is 0 Å². The van der Waals surface area contributed by atoms with Crippen LogP contribution in [0.1, 0.15) is 63.4 Å². The molecule has 2 N–H and O–H groups in total. The number of hydrogen-bond donors (Lipinski definition) is 1.